The molecule has 6 heteroatoms. The summed E-state index contributed by atoms with van der Waals surface area (Å²) in [4.78, 5) is 23.3. The molecular formula is C18H19ClN2O3. The van der Waals surface area contributed by atoms with Crippen molar-refractivity contribution in [1.82, 2.24) is 5.32 Å². The second-order valence-corrected chi connectivity index (χ2v) is 5.89. The standard InChI is InChI=1S/C18H19ClN2O3/c1-11-8-15(19)6-7-16(11)24-12(2)18(23)21-10-13-4-3-5-14(9-13)17(20)22/h3-9,12H,10H2,1-2H3,(H2,20,22)(H,21,23). The first-order valence-electron chi connectivity index (χ1n) is 7.46. The Morgan fingerprint density at radius 1 is 1.25 bits per heavy atom. The fourth-order valence-corrected chi connectivity index (χ4v) is 2.38. The lowest BCUT2D eigenvalue weighted by Gasteiger charge is -2.16. The van der Waals surface area contributed by atoms with Crippen molar-refractivity contribution < 1.29 is 14.3 Å². The molecule has 24 heavy (non-hydrogen) atoms. The lowest BCUT2D eigenvalue weighted by atomic mass is 10.1. The molecule has 2 amide bonds. The summed E-state index contributed by atoms with van der Waals surface area (Å²) >= 11 is 5.90. The largest absolute Gasteiger partial charge is 0.481 e. The molecule has 3 N–H and O–H groups in total. The van der Waals surface area contributed by atoms with Crippen molar-refractivity contribution in [3.8, 4) is 5.75 Å². The SMILES string of the molecule is Cc1cc(Cl)ccc1OC(C)C(=O)NCc1cccc(C(N)=O)c1. The molecule has 5 nitrogen and oxygen atoms in total. The number of hydrogen-bond donors (Lipinski definition) is 2. The second kappa shape index (κ2) is 7.84. The Morgan fingerprint density at radius 2 is 2.00 bits per heavy atom. The van der Waals surface area contributed by atoms with E-state index < -0.39 is 12.0 Å². The van der Waals surface area contributed by atoms with Crippen molar-refractivity contribution in [3.63, 3.8) is 0 Å². The van der Waals surface area contributed by atoms with Crippen molar-refractivity contribution in [1.29, 1.82) is 0 Å². The summed E-state index contributed by atoms with van der Waals surface area (Å²) in [6, 6.07) is 12.0. The van der Waals surface area contributed by atoms with Gasteiger partial charge in [-0.25, -0.2) is 0 Å². The number of carbonyl (C=O) groups is 2. The number of hydrogen-bond acceptors (Lipinski definition) is 3. The number of aryl methyl sites for hydroxylation is 1. The number of ether oxygens (including phenoxy) is 1. The molecule has 0 heterocycles. The van der Waals surface area contributed by atoms with Gasteiger partial charge in [-0.1, -0.05) is 23.7 Å². The molecule has 0 aliphatic carbocycles. The Hall–Kier alpha value is -2.53. The van der Waals surface area contributed by atoms with Crippen LogP contribution in [0.25, 0.3) is 0 Å². The minimum atomic E-state index is -0.663. The van der Waals surface area contributed by atoms with Gasteiger partial charge in [-0.15, -0.1) is 0 Å². The maximum Gasteiger partial charge on any atom is 0.261 e. The van der Waals surface area contributed by atoms with Crippen LogP contribution >= 0.6 is 11.6 Å². The van der Waals surface area contributed by atoms with Crippen LogP contribution in [-0.2, 0) is 11.3 Å². The summed E-state index contributed by atoms with van der Waals surface area (Å²) in [6.45, 7) is 3.82. The van der Waals surface area contributed by atoms with Gasteiger partial charge in [-0.05, 0) is 55.3 Å². The molecular weight excluding hydrogens is 328 g/mol. The van der Waals surface area contributed by atoms with Gasteiger partial charge in [0.2, 0.25) is 5.91 Å². The van der Waals surface area contributed by atoms with E-state index in [4.69, 9.17) is 22.1 Å². The van der Waals surface area contributed by atoms with Crippen LogP contribution in [0.3, 0.4) is 0 Å². The van der Waals surface area contributed by atoms with Crippen LogP contribution in [-0.4, -0.2) is 17.9 Å². The van der Waals surface area contributed by atoms with Gasteiger partial charge in [-0.2, -0.15) is 0 Å². The van der Waals surface area contributed by atoms with Crippen molar-refractivity contribution in [2.24, 2.45) is 5.73 Å². The molecule has 2 aromatic rings. The summed E-state index contributed by atoms with van der Waals surface area (Å²) in [7, 11) is 0. The first kappa shape index (κ1) is 17.8. The smallest absolute Gasteiger partial charge is 0.261 e. The molecule has 0 radical (unpaired) electrons. The Bertz CT molecular complexity index is 762. The summed E-state index contributed by atoms with van der Waals surface area (Å²) < 4.78 is 5.67. The van der Waals surface area contributed by atoms with Crippen molar-refractivity contribution in [3.05, 3.63) is 64.2 Å². The normalized spacial score (nSPS) is 11.6. The zero-order chi connectivity index (χ0) is 17.7. The molecule has 0 aliphatic heterocycles. The number of benzene rings is 2. The highest BCUT2D eigenvalue weighted by atomic mass is 35.5. The second-order valence-electron chi connectivity index (χ2n) is 5.45. The van der Waals surface area contributed by atoms with Gasteiger partial charge in [0.1, 0.15) is 5.75 Å². The molecule has 0 saturated heterocycles. The average molecular weight is 347 g/mol. The summed E-state index contributed by atoms with van der Waals surface area (Å²) in [5.41, 5.74) is 7.29. The minimum absolute atomic E-state index is 0.256. The van der Waals surface area contributed by atoms with Crippen molar-refractivity contribution >= 4 is 23.4 Å². The van der Waals surface area contributed by atoms with Gasteiger partial charge in [0, 0.05) is 17.1 Å². The highest BCUT2D eigenvalue weighted by molar-refractivity contribution is 6.30. The average Bonchev–Trinajstić information content (AvgIpc) is 2.55. The van der Waals surface area contributed by atoms with Crippen molar-refractivity contribution in [2.75, 3.05) is 0 Å². The van der Waals surface area contributed by atoms with Gasteiger partial charge in [0.15, 0.2) is 6.10 Å². The molecule has 0 bridgehead atoms. The number of primary amides is 1. The van der Waals surface area contributed by atoms with E-state index >= 15 is 0 Å². The number of amides is 2. The van der Waals surface area contributed by atoms with E-state index in [0.29, 0.717) is 16.3 Å². The van der Waals surface area contributed by atoms with Gasteiger partial charge >= 0.3 is 0 Å². The monoisotopic (exact) mass is 346 g/mol. The molecule has 0 aliphatic rings. The Labute approximate surface area is 145 Å². The van der Waals surface area contributed by atoms with Gasteiger partial charge in [0.05, 0.1) is 0 Å². The Kier molecular flexibility index (Phi) is 5.82. The lowest BCUT2D eigenvalue weighted by molar-refractivity contribution is -0.127. The first-order chi connectivity index (χ1) is 11.4. The highest BCUT2D eigenvalue weighted by Crippen LogP contribution is 2.22. The molecule has 1 atom stereocenters. The van der Waals surface area contributed by atoms with E-state index in [-0.39, 0.29) is 12.5 Å². The molecule has 2 aromatic carbocycles. The molecule has 2 rings (SSSR count). The Balaban J connectivity index is 1.94. The number of rotatable bonds is 6. The molecule has 1 unspecified atom stereocenters. The molecule has 126 valence electrons. The quantitative estimate of drug-likeness (QED) is 0.843. The lowest BCUT2D eigenvalue weighted by Crippen LogP contribution is -2.36. The molecule has 0 spiro atoms. The number of nitrogens with two attached hydrogens (primary N) is 1. The van der Waals surface area contributed by atoms with Gasteiger partial charge in [0.25, 0.3) is 5.91 Å². The maximum absolute atomic E-state index is 12.2. The zero-order valence-corrected chi connectivity index (χ0v) is 14.3. The topological polar surface area (TPSA) is 81.4 Å². The third-order valence-corrected chi connectivity index (χ3v) is 3.72. The van der Waals surface area contributed by atoms with E-state index in [1.807, 2.05) is 13.0 Å². The van der Waals surface area contributed by atoms with Crippen LogP contribution in [0.1, 0.15) is 28.4 Å². The fourth-order valence-electron chi connectivity index (χ4n) is 2.16. The van der Waals surface area contributed by atoms with E-state index in [1.165, 1.54) is 0 Å². The predicted octanol–water partition coefficient (Wildman–Crippen LogP) is 2.83. The van der Waals surface area contributed by atoms with Crippen LogP contribution in [0.5, 0.6) is 5.75 Å². The van der Waals surface area contributed by atoms with Crippen molar-refractivity contribution in [2.45, 2.75) is 26.5 Å². The number of halogens is 1. The molecule has 0 fully saturated rings. The summed E-state index contributed by atoms with van der Waals surface area (Å²) in [5, 5.41) is 3.39. The Morgan fingerprint density at radius 3 is 2.67 bits per heavy atom. The maximum atomic E-state index is 12.2. The summed E-state index contributed by atoms with van der Waals surface area (Å²) in [6.07, 6.45) is -0.663. The first-order valence-corrected chi connectivity index (χ1v) is 7.84. The molecule has 0 saturated carbocycles. The third-order valence-electron chi connectivity index (χ3n) is 3.49. The summed E-state index contributed by atoms with van der Waals surface area (Å²) in [5.74, 6) is -0.148. The number of carbonyl (C=O) groups excluding carboxylic acids is 2. The van der Waals surface area contributed by atoms with Crippen LogP contribution < -0.4 is 15.8 Å². The van der Waals surface area contributed by atoms with Crippen LogP contribution in [0.4, 0.5) is 0 Å². The van der Waals surface area contributed by atoms with Crippen LogP contribution in [0, 0.1) is 6.92 Å². The predicted molar refractivity (Wildman–Crippen MR) is 93.1 cm³/mol. The minimum Gasteiger partial charge on any atom is -0.481 e. The van der Waals surface area contributed by atoms with Crippen LogP contribution in [0.15, 0.2) is 42.5 Å². The van der Waals surface area contributed by atoms with Crippen LogP contribution in [0.2, 0.25) is 5.02 Å². The third kappa shape index (κ3) is 4.73. The van der Waals surface area contributed by atoms with E-state index in [1.54, 1.807) is 43.3 Å². The zero-order valence-electron chi connectivity index (χ0n) is 13.5. The molecule has 0 aromatic heterocycles. The van der Waals surface area contributed by atoms with Gasteiger partial charge in [-0.3, -0.25) is 9.59 Å². The fraction of sp³-hybridized carbons (Fsp3) is 0.222. The van der Waals surface area contributed by atoms with E-state index in [2.05, 4.69) is 5.32 Å². The van der Waals surface area contributed by atoms with E-state index in [9.17, 15) is 9.59 Å². The van der Waals surface area contributed by atoms with Gasteiger partial charge < -0.3 is 15.8 Å². The number of nitrogens with one attached hydrogen (secondary N) is 1. The van der Waals surface area contributed by atoms with E-state index in [0.717, 1.165) is 11.1 Å². The highest BCUT2D eigenvalue weighted by Gasteiger charge is 2.15.